The van der Waals surface area contributed by atoms with Crippen molar-refractivity contribution in [1.29, 1.82) is 0 Å². The zero-order chi connectivity index (χ0) is 6.70. The van der Waals surface area contributed by atoms with Crippen LogP contribution < -0.4 is 0 Å². The number of allylic oxidation sites excluding steroid dienone is 1. The van der Waals surface area contributed by atoms with Crippen molar-refractivity contribution < 1.29 is 8.78 Å². The predicted octanol–water partition coefficient (Wildman–Crippen LogP) is 2.22. The average molecular weight is 130 g/mol. The van der Waals surface area contributed by atoms with Crippen LogP contribution in [0.2, 0.25) is 0 Å². The molecular formula is C7H8F2. The maximum Gasteiger partial charge on any atom is 0.255 e. The lowest BCUT2D eigenvalue weighted by atomic mass is 10.3. The minimum absolute atomic E-state index is 0.108. The molecule has 0 aliphatic heterocycles. The Balaban J connectivity index is 2.12. The molecule has 0 nitrogen and oxygen atoms in total. The second-order valence-corrected chi connectivity index (χ2v) is 3.08. The van der Waals surface area contributed by atoms with Gasteiger partial charge in [0.05, 0.1) is 0 Å². The first kappa shape index (κ1) is 5.39. The Morgan fingerprint density at radius 3 is 2.22 bits per heavy atom. The lowest BCUT2D eigenvalue weighted by Gasteiger charge is -1.88. The summed E-state index contributed by atoms with van der Waals surface area (Å²) in [7, 11) is 0. The van der Waals surface area contributed by atoms with E-state index in [1.165, 1.54) is 0 Å². The molecule has 2 aliphatic carbocycles. The van der Waals surface area contributed by atoms with Gasteiger partial charge in [-0.25, -0.2) is 8.78 Å². The molecule has 2 heteroatoms. The first-order chi connectivity index (χ1) is 4.12. The molecule has 0 aromatic heterocycles. The summed E-state index contributed by atoms with van der Waals surface area (Å²) in [5, 5.41) is 0. The van der Waals surface area contributed by atoms with Crippen molar-refractivity contribution in [3.8, 4) is 0 Å². The molecule has 50 valence electrons. The molecule has 2 atom stereocenters. The van der Waals surface area contributed by atoms with E-state index in [1.807, 2.05) is 0 Å². The second-order valence-electron chi connectivity index (χ2n) is 3.08. The lowest BCUT2D eigenvalue weighted by Crippen LogP contribution is -1.93. The smallest absolute Gasteiger partial charge is 0.206 e. The Morgan fingerprint density at radius 1 is 1.56 bits per heavy atom. The molecule has 2 aliphatic rings. The third-order valence-electron chi connectivity index (χ3n) is 2.56. The molecule has 0 amide bonds. The van der Waals surface area contributed by atoms with Gasteiger partial charge in [0, 0.05) is 11.8 Å². The van der Waals surface area contributed by atoms with Crippen molar-refractivity contribution in [2.45, 2.75) is 18.8 Å². The highest BCUT2D eigenvalue weighted by molar-refractivity contribution is 5.28. The van der Waals surface area contributed by atoms with E-state index in [1.54, 1.807) is 6.08 Å². The molecule has 0 aromatic carbocycles. The van der Waals surface area contributed by atoms with E-state index in [0.29, 0.717) is 6.42 Å². The monoisotopic (exact) mass is 130 g/mol. The van der Waals surface area contributed by atoms with Crippen molar-refractivity contribution in [3.05, 3.63) is 12.7 Å². The zero-order valence-electron chi connectivity index (χ0n) is 5.03. The van der Waals surface area contributed by atoms with Crippen LogP contribution in [0.25, 0.3) is 0 Å². The van der Waals surface area contributed by atoms with Gasteiger partial charge < -0.3 is 0 Å². The topological polar surface area (TPSA) is 0 Å². The summed E-state index contributed by atoms with van der Waals surface area (Å²) >= 11 is 0. The quantitative estimate of drug-likeness (QED) is 0.477. The Morgan fingerprint density at radius 2 is 2.11 bits per heavy atom. The molecule has 2 saturated carbocycles. The van der Waals surface area contributed by atoms with Crippen LogP contribution in [0.3, 0.4) is 0 Å². The van der Waals surface area contributed by atoms with E-state index >= 15 is 0 Å². The van der Waals surface area contributed by atoms with E-state index in [0.717, 1.165) is 0 Å². The molecule has 1 spiro atoms. The molecule has 2 rings (SSSR count). The summed E-state index contributed by atoms with van der Waals surface area (Å²) in [5.74, 6) is -2.22. The van der Waals surface area contributed by atoms with Crippen LogP contribution >= 0.6 is 0 Å². The highest BCUT2D eigenvalue weighted by Crippen LogP contribution is 2.79. The number of alkyl halides is 2. The number of hydrogen-bond acceptors (Lipinski definition) is 0. The second kappa shape index (κ2) is 1.07. The molecule has 0 aromatic rings. The third-order valence-corrected chi connectivity index (χ3v) is 2.56. The van der Waals surface area contributed by atoms with Gasteiger partial charge in [-0.2, -0.15) is 0 Å². The third kappa shape index (κ3) is 0.428. The summed E-state index contributed by atoms with van der Waals surface area (Å²) in [4.78, 5) is 0. The molecule has 0 bridgehead atoms. The molecule has 0 N–H and O–H groups in total. The van der Waals surface area contributed by atoms with Gasteiger partial charge in [0.25, 0.3) is 5.92 Å². The first-order valence-electron chi connectivity index (χ1n) is 3.13. The molecule has 0 heterocycles. The van der Waals surface area contributed by atoms with Gasteiger partial charge in [0.1, 0.15) is 0 Å². The Kier molecular flexibility index (Phi) is 0.640. The van der Waals surface area contributed by atoms with E-state index in [4.69, 9.17) is 0 Å². The fourth-order valence-corrected chi connectivity index (χ4v) is 1.62. The maximum absolute atomic E-state index is 12.4. The Bertz CT molecular complexity index is 174. The summed E-state index contributed by atoms with van der Waals surface area (Å²) in [6.45, 7) is 3.49. The van der Waals surface area contributed by atoms with Crippen molar-refractivity contribution >= 4 is 0 Å². The summed E-state index contributed by atoms with van der Waals surface area (Å²) < 4.78 is 24.7. The number of rotatable bonds is 1. The largest absolute Gasteiger partial charge is 0.255 e. The summed E-state index contributed by atoms with van der Waals surface area (Å²) in [5.41, 5.74) is -0.589. The molecule has 2 unspecified atom stereocenters. The number of halogens is 2. The van der Waals surface area contributed by atoms with Crippen LogP contribution in [0, 0.1) is 11.3 Å². The highest BCUT2D eigenvalue weighted by Gasteiger charge is 2.82. The van der Waals surface area contributed by atoms with E-state index in [9.17, 15) is 8.78 Å². The number of hydrogen-bond donors (Lipinski definition) is 0. The fraction of sp³-hybridized carbons (Fsp3) is 0.714. The minimum atomic E-state index is -2.34. The van der Waals surface area contributed by atoms with E-state index < -0.39 is 11.3 Å². The molecule has 2 fully saturated rings. The maximum atomic E-state index is 12.4. The van der Waals surface area contributed by atoms with Crippen molar-refractivity contribution in [2.24, 2.45) is 11.3 Å². The van der Waals surface area contributed by atoms with Crippen LogP contribution in [0.5, 0.6) is 0 Å². The molecule has 0 radical (unpaired) electrons. The van der Waals surface area contributed by atoms with Crippen molar-refractivity contribution in [2.75, 3.05) is 0 Å². The van der Waals surface area contributed by atoms with Crippen LogP contribution in [0.4, 0.5) is 8.78 Å². The van der Waals surface area contributed by atoms with Gasteiger partial charge in [-0.05, 0) is 12.3 Å². The summed E-state index contributed by atoms with van der Waals surface area (Å²) in [6.07, 6.45) is 2.43. The standard InChI is InChI=1S/C7H8F2/c1-2-5-3-6(5)4-7(6,8)9/h2,5H,1,3-4H2. The van der Waals surface area contributed by atoms with Gasteiger partial charge in [-0.1, -0.05) is 6.08 Å². The minimum Gasteiger partial charge on any atom is -0.206 e. The van der Waals surface area contributed by atoms with Crippen LogP contribution in [-0.2, 0) is 0 Å². The normalized spacial score (nSPS) is 51.1. The van der Waals surface area contributed by atoms with Crippen molar-refractivity contribution in [3.63, 3.8) is 0 Å². The SMILES string of the molecule is C=CC1CC12CC2(F)F. The van der Waals surface area contributed by atoms with Crippen LogP contribution in [0.15, 0.2) is 12.7 Å². The van der Waals surface area contributed by atoms with E-state index in [-0.39, 0.29) is 12.3 Å². The Hall–Kier alpha value is -0.400. The highest BCUT2D eigenvalue weighted by atomic mass is 19.3. The van der Waals surface area contributed by atoms with Gasteiger partial charge in [0.15, 0.2) is 0 Å². The van der Waals surface area contributed by atoms with Crippen molar-refractivity contribution in [1.82, 2.24) is 0 Å². The van der Waals surface area contributed by atoms with Gasteiger partial charge >= 0.3 is 0 Å². The van der Waals surface area contributed by atoms with Gasteiger partial charge in [-0.3, -0.25) is 0 Å². The van der Waals surface area contributed by atoms with Crippen LogP contribution in [0.1, 0.15) is 12.8 Å². The van der Waals surface area contributed by atoms with Gasteiger partial charge in [-0.15, -0.1) is 6.58 Å². The first-order valence-corrected chi connectivity index (χ1v) is 3.13. The molecular weight excluding hydrogens is 122 g/mol. The molecule has 0 saturated heterocycles. The van der Waals surface area contributed by atoms with Crippen LogP contribution in [-0.4, -0.2) is 5.92 Å². The van der Waals surface area contributed by atoms with E-state index in [2.05, 4.69) is 6.58 Å². The lowest BCUT2D eigenvalue weighted by molar-refractivity contribution is 0.0909. The molecule has 9 heavy (non-hydrogen) atoms. The Labute approximate surface area is 52.6 Å². The zero-order valence-corrected chi connectivity index (χ0v) is 5.03. The predicted molar refractivity (Wildman–Crippen MR) is 30.3 cm³/mol. The van der Waals surface area contributed by atoms with Gasteiger partial charge in [0.2, 0.25) is 0 Å². The fourth-order valence-electron chi connectivity index (χ4n) is 1.62. The average Bonchev–Trinajstić information content (AvgIpc) is 2.53. The summed E-state index contributed by atoms with van der Waals surface area (Å²) in [6, 6.07) is 0.